The fraction of sp³-hybridized carbons (Fsp3) is 0.556. The van der Waals surface area contributed by atoms with Crippen LogP contribution in [0.25, 0.3) is 10.9 Å². The molecule has 1 fully saturated rings. The van der Waals surface area contributed by atoms with Crippen LogP contribution in [0.1, 0.15) is 32.3 Å². The molecule has 1 saturated heterocycles. The first-order valence-corrected chi connectivity index (χ1v) is 8.26. The summed E-state index contributed by atoms with van der Waals surface area (Å²) in [4.78, 5) is 2.58. The molecule has 0 aliphatic carbocycles. The first kappa shape index (κ1) is 14.6. The zero-order valence-electron chi connectivity index (χ0n) is 13.3. The number of nitrogens with one attached hydrogen (secondary N) is 1. The Bertz CT molecular complexity index is 579. The summed E-state index contributed by atoms with van der Waals surface area (Å²) in [7, 11) is 0. The Morgan fingerprint density at radius 1 is 1.10 bits per heavy atom. The minimum atomic E-state index is 0.533. The average Bonchev–Trinajstić information content (AvgIpc) is 3.12. The van der Waals surface area contributed by atoms with E-state index in [1.807, 2.05) is 0 Å². The van der Waals surface area contributed by atoms with Crippen molar-refractivity contribution in [1.82, 2.24) is 14.8 Å². The van der Waals surface area contributed by atoms with E-state index < -0.39 is 0 Å². The van der Waals surface area contributed by atoms with Crippen LogP contribution in [0.5, 0.6) is 0 Å². The average molecular weight is 285 g/mol. The van der Waals surface area contributed by atoms with Crippen LogP contribution in [0.2, 0.25) is 0 Å². The van der Waals surface area contributed by atoms with Gasteiger partial charge in [0.1, 0.15) is 0 Å². The summed E-state index contributed by atoms with van der Waals surface area (Å²) in [6.07, 6.45) is 4.98. The molecule has 0 radical (unpaired) electrons. The summed E-state index contributed by atoms with van der Waals surface area (Å²) < 4.78 is 2.40. The highest BCUT2D eigenvalue weighted by molar-refractivity contribution is 5.80. The van der Waals surface area contributed by atoms with Gasteiger partial charge in [0.25, 0.3) is 0 Å². The van der Waals surface area contributed by atoms with E-state index in [1.165, 1.54) is 48.9 Å². The molecule has 1 aliphatic rings. The van der Waals surface area contributed by atoms with Gasteiger partial charge >= 0.3 is 0 Å². The largest absolute Gasteiger partial charge is 0.346 e. The summed E-state index contributed by atoms with van der Waals surface area (Å²) in [6.45, 7) is 10.2. The van der Waals surface area contributed by atoms with E-state index in [-0.39, 0.29) is 0 Å². The fourth-order valence-corrected chi connectivity index (χ4v) is 3.13. The van der Waals surface area contributed by atoms with Crippen LogP contribution >= 0.6 is 0 Å². The lowest BCUT2D eigenvalue weighted by Gasteiger charge is -2.15. The minimum Gasteiger partial charge on any atom is -0.346 e. The van der Waals surface area contributed by atoms with Crippen molar-refractivity contribution < 1.29 is 0 Å². The molecule has 1 aliphatic heterocycles. The number of rotatable bonds is 6. The fourth-order valence-electron chi connectivity index (χ4n) is 3.13. The van der Waals surface area contributed by atoms with Crippen molar-refractivity contribution in [3.8, 4) is 0 Å². The van der Waals surface area contributed by atoms with Crippen molar-refractivity contribution in [3.63, 3.8) is 0 Å². The highest BCUT2D eigenvalue weighted by Gasteiger charge is 2.11. The van der Waals surface area contributed by atoms with Crippen molar-refractivity contribution in [2.24, 2.45) is 0 Å². The molecule has 0 unspecified atom stereocenters. The van der Waals surface area contributed by atoms with Gasteiger partial charge in [0.05, 0.1) is 0 Å². The van der Waals surface area contributed by atoms with Gasteiger partial charge in [-0.2, -0.15) is 0 Å². The van der Waals surface area contributed by atoms with E-state index in [0.29, 0.717) is 6.04 Å². The topological polar surface area (TPSA) is 20.2 Å². The third-order valence-electron chi connectivity index (χ3n) is 4.41. The highest BCUT2D eigenvalue weighted by atomic mass is 15.2. The van der Waals surface area contributed by atoms with E-state index in [4.69, 9.17) is 0 Å². The second-order valence-corrected chi connectivity index (χ2v) is 6.49. The van der Waals surface area contributed by atoms with Crippen molar-refractivity contribution in [2.75, 3.05) is 19.6 Å². The number of hydrogen-bond donors (Lipinski definition) is 1. The third-order valence-corrected chi connectivity index (χ3v) is 4.41. The van der Waals surface area contributed by atoms with Crippen LogP contribution in [-0.2, 0) is 13.1 Å². The smallest absolute Gasteiger partial charge is 0.0480 e. The quantitative estimate of drug-likeness (QED) is 0.879. The van der Waals surface area contributed by atoms with Crippen LogP contribution in [0.3, 0.4) is 0 Å². The SMILES string of the molecule is CC(C)NCc1ccc2c(ccn2CCN2CCCC2)c1. The van der Waals surface area contributed by atoms with Crippen LogP contribution in [0.15, 0.2) is 30.5 Å². The monoisotopic (exact) mass is 285 g/mol. The Morgan fingerprint density at radius 3 is 2.67 bits per heavy atom. The van der Waals surface area contributed by atoms with Crippen LogP contribution in [-0.4, -0.2) is 35.1 Å². The van der Waals surface area contributed by atoms with Crippen LogP contribution in [0, 0.1) is 0 Å². The maximum absolute atomic E-state index is 3.48. The Hall–Kier alpha value is -1.32. The zero-order valence-corrected chi connectivity index (χ0v) is 13.3. The summed E-state index contributed by atoms with van der Waals surface area (Å²) in [5.41, 5.74) is 2.73. The predicted octanol–water partition coefficient (Wildman–Crippen LogP) is 3.24. The van der Waals surface area contributed by atoms with Gasteiger partial charge in [-0.15, -0.1) is 0 Å². The molecule has 114 valence electrons. The molecule has 0 bridgehead atoms. The van der Waals surface area contributed by atoms with E-state index in [2.05, 4.69) is 59.1 Å². The lowest BCUT2D eigenvalue weighted by molar-refractivity contribution is 0.324. The molecule has 0 amide bonds. The Morgan fingerprint density at radius 2 is 1.90 bits per heavy atom. The first-order chi connectivity index (χ1) is 10.2. The number of benzene rings is 1. The molecule has 0 saturated carbocycles. The van der Waals surface area contributed by atoms with E-state index in [9.17, 15) is 0 Å². The van der Waals surface area contributed by atoms with Gasteiger partial charge in [0.15, 0.2) is 0 Å². The third kappa shape index (κ3) is 3.66. The number of likely N-dealkylation sites (tertiary alicyclic amines) is 1. The van der Waals surface area contributed by atoms with Gasteiger partial charge in [-0.3, -0.25) is 0 Å². The molecular weight excluding hydrogens is 258 g/mol. The molecule has 0 spiro atoms. The molecular formula is C18H27N3. The molecule has 21 heavy (non-hydrogen) atoms. The van der Waals surface area contributed by atoms with E-state index in [0.717, 1.165) is 13.1 Å². The second-order valence-electron chi connectivity index (χ2n) is 6.49. The second kappa shape index (κ2) is 6.63. The molecule has 2 aromatic rings. The Labute approximate surface area is 127 Å². The van der Waals surface area contributed by atoms with Crippen molar-refractivity contribution in [3.05, 3.63) is 36.0 Å². The first-order valence-electron chi connectivity index (χ1n) is 8.26. The maximum Gasteiger partial charge on any atom is 0.0480 e. The summed E-state index contributed by atoms with van der Waals surface area (Å²) in [6, 6.07) is 9.63. The molecule has 1 aromatic heterocycles. The zero-order chi connectivity index (χ0) is 14.7. The lowest BCUT2D eigenvalue weighted by atomic mass is 10.1. The van der Waals surface area contributed by atoms with E-state index in [1.54, 1.807) is 0 Å². The lowest BCUT2D eigenvalue weighted by Crippen LogP contribution is -2.23. The highest BCUT2D eigenvalue weighted by Crippen LogP contribution is 2.18. The normalized spacial score (nSPS) is 16.3. The summed E-state index contributed by atoms with van der Waals surface area (Å²) in [5, 5.41) is 4.84. The summed E-state index contributed by atoms with van der Waals surface area (Å²) >= 11 is 0. The molecule has 2 heterocycles. The predicted molar refractivity (Wildman–Crippen MR) is 89.6 cm³/mol. The van der Waals surface area contributed by atoms with E-state index >= 15 is 0 Å². The van der Waals surface area contributed by atoms with Crippen molar-refractivity contribution >= 4 is 10.9 Å². The molecule has 1 aromatic carbocycles. The maximum atomic E-state index is 3.48. The van der Waals surface area contributed by atoms with Gasteiger partial charge in [0.2, 0.25) is 0 Å². The van der Waals surface area contributed by atoms with Gasteiger partial charge in [-0.1, -0.05) is 19.9 Å². The van der Waals surface area contributed by atoms with Gasteiger partial charge in [-0.25, -0.2) is 0 Å². The molecule has 1 N–H and O–H groups in total. The van der Waals surface area contributed by atoms with Gasteiger partial charge in [0, 0.05) is 37.4 Å². The number of fused-ring (bicyclic) bond motifs is 1. The van der Waals surface area contributed by atoms with Crippen LogP contribution < -0.4 is 5.32 Å². The standard InChI is InChI=1S/C18H27N3/c1-15(2)19-14-16-5-6-18-17(13-16)7-10-21(18)12-11-20-8-3-4-9-20/h5-7,10,13,15,19H,3-4,8-9,11-12,14H2,1-2H3. The minimum absolute atomic E-state index is 0.533. The molecule has 3 nitrogen and oxygen atoms in total. The summed E-state index contributed by atoms with van der Waals surface area (Å²) in [5.74, 6) is 0. The number of aromatic nitrogens is 1. The molecule has 0 atom stereocenters. The van der Waals surface area contributed by atoms with Crippen molar-refractivity contribution in [2.45, 2.75) is 45.8 Å². The van der Waals surface area contributed by atoms with Crippen LogP contribution in [0.4, 0.5) is 0 Å². The molecule has 3 heteroatoms. The van der Waals surface area contributed by atoms with Crippen molar-refractivity contribution in [1.29, 1.82) is 0 Å². The van der Waals surface area contributed by atoms with Gasteiger partial charge < -0.3 is 14.8 Å². The number of nitrogens with zero attached hydrogens (tertiary/aromatic N) is 2. The molecule has 3 rings (SSSR count). The Kier molecular flexibility index (Phi) is 4.61. The number of hydrogen-bond acceptors (Lipinski definition) is 2. The van der Waals surface area contributed by atoms with Gasteiger partial charge in [-0.05, 0) is 55.1 Å². The Balaban J connectivity index is 1.66.